The van der Waals surface area contributed by atoms with Crippen LogP contribution in [0.25, 0.3) is 5.57 Å². The van der Waals surface area contributed by atoms with Gasteiger partial charge in [-0.05, 0) is 94.3 Å². The Morgan fingerprint density at radius 2 is 1.57 bits per heavy atom. The summed E-state index contributed by atoms with van der Waals surface area (Å²) >= 11 is 0. The van der Waals surface area contributed by atoms with Crippen molar-refractivity contribution in [1.29, 1.82) is 0 Å². The molecule has 0 spiro atoms. The normalized spacial score (nSPS) is 13.0. The lowest BCUT2D eigenvalue weighted by Crippen LogP contribution is -2.23. The Morgan fingerprint density at radius 1 is 1.02 bits per heavy atom. The van der Waals surface area contributed by atoms with E-state index in [4.69, 9.17) is 4.74 Å². The Kier molecular flexibility index (Phi) is 23.0. The van der Waals surface area contributed by atoms with Crippen LogP contribution < -0.4 is 10.5 Å². The van der Waals surface area contributed by atoms with E-state index < -0.39 is 5.67 Å². The molecule has 42 heavy (non-hydrogen) atoms. The number of aryl methyl sites for hydroxylation is 2. The van der Waals surface area contributed by atoms with Gasteiger partial charge in [-0.3, -0.25) is 0 Å². The first-order chi connectivity index (χ1) is 19.6. The Balaban J connectivity index is 0. The lowest BCUT2D eigenvalue weighted by atomic mass is 9.99. The van der Waals surface area contributed by atoms with Crippen molar-refractivity contribution in [2.24, 2.45) is 11.7 Å². The van der Waals surface area contributed by atoms with Crippen molar-refractivity contribution in [3.05, 3.63) is 109 Å². The number of fused-ring (bicyclic) bond motifs is 1. The van der Waals surface area contributed by atoms with Gasteiger partial charge in [0, 0.05) is 0 Å². The number of alkyl halides is 1. The maximum atomic E-state index is 12.7. The standard InChI is InChI=1S/C12H14O.C10H12.C8H18.C7H13F.C2H5N/c1-9(2)11-8-7-10-5-3-4-6-12(10)13-11;1-8(2)10-6-4-9(3)5-7-10;1-4-5-6-7-8(2)3;1-5-6(2)7(3,4)8;1-2-3/h3-6,11H,1,7-8H2,2H3;4-7H,1H2,2-3H3;8H,4-7H2,1-3H3;2,5H2,1,3-4H3;2H,1,3H2. The molecule has 0 radical (unpaired) electrons. The highest BCUT2D eigenvalue weighted by Gasteiger charge is 2.19. The molecule has 236 valence electrons. The summed E-state index contributed by atoms with van der Waals surface area (Å²) < 4.78 is 18.5. The van der Waals surface area contributed by atoms with Crippen LogP contribution in [0.5, 0.6) is 5.75 Å². The number of nitrogens with two attached hydrogens (primary N) is 1. The fourth-order valence-electron chi connectivity index (χ4n) is 3.73. The minimum Gasteiger partial charge on any atom is -0.486 e. The molecule has 3 heteroatoms. The zero-order valence-corrected chi connectivity index (χ0v) is 28.5. The summed E-state index contributed by atoms with van der Waals surface area (Å²) in [6.45, 7) is 32.4. The number of allylic oxidation sites excluding steroid dienone is 2. The summed E-state index contributed by atoms with van der Waals surface area (Å²) in [6.07, 6.45) is 9.96. The average Bonchev–Trinajstić information content (AvgIpc) is 2.93. The van der Waals surface area contributed by atoms with E-state index in [9.17, 15) is 4.39 Å². The lowest BCUT2D eigenvalue weighted by molar-refractivity contribution is 0.208. The summed E-state index contributed by atoms with van der Waals surface area (Å²) in [6, 6.07) is 16.6. The van der Waals surface area contributed by atoms with E-state index in [0.717, 1.165) is 42.1 Å². The van der Waals surface area contributed by atoms with E-state index in [-0.39, 0.29) is 6.10 Å². The van der Waals surface area contributed by atoms with Crippen molar-refractivity contribution in [2.75, 3.05) is 0 Å². The van der Waals surface area contributed by atoms with E-state index in [1.54, 1.807) is 0 Å². The largest absolute Gasteiger partial charge is 0.486 e. The molecule has 3 rings (SSSR count). The van der Waals surface area contributed by atoms with Gasteiger partial charge in [0.2, 0.25) is 0 Å². The van der Waals surface area contributed by atoms with Gasteiger partial charge in [0.25, 0.3) is 0 Å². The van der Waals surface area contributed by atoms with Gasteiger partial charge < -0.3 is 10.5 Å². The number of hydrogen-bond donors (Lipinski definition) is 1. The Hall–Kier alpha value is -3.07. The van der Waals surface area contributed by atoms with Gasteiger partial charge in [-0.15, -0.1) is 0 Å². The molecule has 2 aromatic rings. The van der Waals surface area contributed by atoms with E-state index in [1.165, 1.54) is 62.4 Å². The minimum absolute atomic E-state index is 0.217. The molecular formula is C39H62FNO. The summed E-state index contributed by atoms with van der Waals surface area (Å²) in [7, 11) is 0. The van der Waals surface area contributed by atoms with Crippen LogP contribution >= 0.6 is 0 Å². The van der Waals surface area contributed by atoms with E-state index in [0.29, 0.717) is 5.57 Å². The van der Waals surface area contributed by atoms with Crippen LogP contribution in [-0.4, -0.2) is 11.8 Å². The molecule has 2 N–H and O–H groups in total. The molecule has 1 aliphatic heterocycles. The minimum atomic E-state index is -1.19. The number of unbranched alkanes of at least 4 members (excludes halogenated alkanes) is 2. The smallest absolute Gasteiger partial charge is 0.126 e. The first kappa shape index (κ1) is 41.1. The maximum absolute atomic E-state index is 12.7. The topological polar surface area (TPSA) is 35.2 Å². The van der Waals surface area contributed by atoms with E-state index >= 15 is 0 Å². The van der Waals surface area contributed by atoms with Gasteiger partial charge >= 0.3 is 0 Å². The van der Waals surface area contributed by atoms with Gasteiger partial charge in [0.1, 0.15) is 17.5 Å². The van der Waals surface area contributed by atoms with E-state index in [1.807, 2.05) is 32.9 Å². The van der Waals surface area contributed by atoms with Crippen LogP contribution in [0.3, 0.4) is 0 Å². The molecule has 2 nitrogen and oxygen atoms in total. The third-order valence-corrected chi connectivity index (χ3v) is 6.66. The number of rotatable bonds is 8. The SMILES string of the molecule is C=C(C)C1CCc2ccccc2O1.C=C(C)c1ccc(C)cc1.C=C(CC)C(C)(C)F.C=CN.CCCCCC(C)C. The van der Waals surface area contributed by atoms with Gasteiger partial charge in [-0.1, -0.05) is 133 Å². The second-order valence-electron chi connectivity index (χ2n) is 11.8. The quantitative estimate of drug-likeness (QED) is 0.249. The summed E-state index contributed by atoms with van der Waals surface area (Å²) in [5.74, 6) is 1.93. The molecule has 0 bridgehead atoms. The molecular weight excluding hydrogens is 517 g/mol. The van der Waals surface area contributed by atoms with Gasteiger partial charge in [0.05, 0.1) is 0 Å². The van der Waals surface area contributed by atoms with Crippen molar-refractivity contribution in [3.63, 3.8) is 0 Å². The molecule has 1 unspecified atom stereocenters. The predicted molar refractivity (Wildman–Crippen MR) is 188 cm³/mol. The number of benzene rings is 2. The van der Waals surface area contributed by atoms with Crippen molar-refractivity contribution in [3.8, 4) is 5.75 Å². The Bertz CT molecular complexity index is 1030. The molecule has 0 amide bonds. The molecule has 1 aliphatic rings. The Morgan fingerprint density at radius 3 is 1.98 bits per heavy atom. The van der Waals surface area contributed by atoms with Gasteiger partial charge in [-0.25, -0.2) is 4.39 Å². The first-order valence-electron chi connectivity index (χ1n) is 15.5. The van der Waals surface area contributed by atoms with Crippen molar-refractivity contribution in [1.82, 2.24) is 0 Å². The Labute approximate surface area is 259 Å². The number of para-hydroxylation sites is 1. The second kappa shape index (κ2) is 23.5. The van der Waals surface area contributed by atoms with Crippen molar-refractivity contribution in [2.45, 2.75) is 119 Å². The second-order valence-corrected chi connectivity index (χ2v) is 11.8. The maximum Gasteiger partial charge on any atom is 0.126 e. The van der Waals surface area contributed by atoms with Crippen LogP contribution in [-0.2, 0) is 6.42 Å². The van der Waals surface area contributed by atoms with Crippen LogP contribution in [0.1, 0.15) is 111 Å². The van der Waals surface area contributed by atoms with Gasteiger partial charge in [-0.2, -0.15) is 0 Å². The molecule has 0 aromatic heterocycles. The number of hydrogen-bond acceptors (Lipinski definition) is 2. The third kappa shape index (κ3) is 20.8. The van der Waals surface area contributed by atoms with Crippen molar-refractivity contribution < 1.29 is 9.13 Å². The van der Waals surface area contributed by atoms with Gasteiger partial charge in [0.15, 0.2) is 0 Å². The molecule has 1 atom stereocenters. The van der Waals surface area contributed by atoms with Crippen LogP contribution in [0.2, 0.25) is 0 Å². The fraction of sp³-hybridized carbons (Fsp3) is 0.487. The number of halogens is 1. The molecule has 0 saturated heterocycles. The molecule has 0 fully saturated rings. The summed E-state index contributed by atoms with van der Waals surface area (Å²) in [5, 5.41) is 0. The van der Waals surface area contributed by atoms with Crippen LogP contribution in [0.15, 0.2) is 92.2 Å². The third-order valence-electron chi connectivity index (χ3n) is 6.66. The van der Waals surface area contributed by atoms with E-state index in [2.05, 4.69) is 96.1 Å². The lowest BCUT2D eigenvalue weighted by Gasteiger charge is -2.26. The zero-order chi connectivity index (χ0) is 32.7. The highest BCUT2D eigenvalue weighted by Crippen LogP contribution is 2.29. The molecule has 2 aromatic carbocycles. The fourth-order valence-corrected chi connectivity index (χ4v) is 3.73. The monoisotopic (exact) mass is 579 g/mol. The average molecular weight is 580 g/mol. The summed E-state index contributed by atoms with van der Waals surface area (Å²) in [5.41, 5.74) is 10.2. The highest BCUT2D eigenvalue weighted by molar-refractivity contribution is 5.61. The first-order valence-corrected chi connectivity index (χ1v) is 15.5. The van der Waals surface area contributed by atoms with Crippen LogP contribution in [0, 0.1) is 12.8 Å². The van der Waals surface area contributed by atoms with Crippen molar-refractivity contribution >= 4 is 5.57 Å². The molecule has 0 aliphatic carbocycles. The zero-order valence-electron chi connectivity index (χ0n) is 28.5. The predicted octanol–water partition coefficient (Wildman–Crippen LogP) is 12.0. The van der Waals surface area contributed by atoms with Crippen LogP contribution in [0.4, 0.5) is 4.39 Å². The number of ether oxygens (including phenoxy) is 1. The highest BCUT2D eigenvalue weighted by atomic mass is 19.1. The summed E-state index contributed by atoms with van der Waals surface area (Å²) in [4.78, 5) is 0. The molecule has 1 heterocycles. The molecule has 0 saturated carbocycles.